The Morgan fingerprint density at radius 3 is 2.57 bits per heavy atom. The Labute approximate surface area is 163 Å². The molecule has 0 bridgehead atoms. The number of ether oxygens (including phenoxy) is 1. The van der Waals surface area contributed by atoms with Crippen molar-refractivity contribution in [1.82, 2.24) is 10.2 Å². The Balaban J connectivity index is 1.96. The van der Waals surface area contributed by atoms with Crippen LogP contribution >= 0.6 is 11.8 Å². The summed E-state index contributed by atoms with van der Waals surface area (Å²) in [5.41, 5.74) is 10.2. The second-order valence-electron chi connectivity index (χ2n) is 6.16. The van der Waals surface area contributed by atoms with Gasteiger partial charge in [0, 0.05) is 17.7 Å². The Bertz CT molecular complexity index is 740. The maximum absolute atomic E-state index is 12.4. The van der Waals surface area contributed by atoms with Gasteiger partial charge in [-0.05, 0) is 12.8 Å². The summed E-state index contributed by atoms with van der Waals surface area (Å²) in [4.78, 5) is 58.3. The number of fused-ring (bicyclic) bond motifs is 1. The molecule has 3 amide bonds. The Morgan fingerprint density at radius 1 is 1.32 bits per heavy atom. The van der Waals surface area contributed by atoms with Gasteiger partial charge in [0.1, 0.15) is 29.8 Å². The van der Waals surface area contributed by atoms with Gasteiger partial charge in [-0.3, -0.25) is 19.3 Å². The van der Waals surface area contributed by atoms with Crippen molar-refractivity contribution in [3.8, 4) is 0 Å². The first kappa shape index (κ1) is 21.5. The van der Waals surface area contributed by atoms with E-state index in [1.54, 1.807) is 0 Å². The van der Waals surface area contributed by atoms with Gasteiger partial charge in [-0.25, -0.2) is 9.59 Å². The zero-order chi connectivity index (χ0) is 21.0. The first-order valence-corrected chi connectivity index (χ1v) is 9.28. The highest BCUT2D eigenvalue weighted by molar-refractivity contribution is 8.00. The largest absolute Gasteiger partial charge is 0.480 e. The summed E-state index contributed by atoms with van der Waals surface area (Å²) in [7, 11) is 0. The molecule has 13 heteroatoms. The van der Waals surface area contributed by atoms with Crippen LogP contribution in [0.5, 0.6) is 0 Å². The number of rotatable bonds is 9. The molecule has 0 aromatic heterocycles. The minimum Gasteiger partial charge on any atom is -0.480 e. The lowest BCUT2D eigenvalue weighted by atomic mass is 10.0. The molecule has 2 heterocycles. The molecule has 2 aliphatic rings. The fourth-order valence-corrected chi connectivity index (χ4v) is 4.13. The number of nitrogens with zero attached hydrogens (tertiary/aromatic N) is 1. The standard InChI is InChI=1S/C15H20N4O8S/c16-7(13(22)23)2-1-3-8(20)18-9-11(21)19-10(14(24)25)6(4-27-15(17)26)5-28-12(9)19/h7,9,12H,1-5,16H2,(H2,17,26)(H,18,20)(H,22,23)(H,24,25)/t7?,9?,12-/m0/s1. The fraction of sp³-hybridized carbons (Fsp3) is 0.533. The maximum atomic E-state index is 12.4. The molecule has 2 unspecified atom stereocenters. The van der Waals surface area contributed by atoms with E-state index in [0.29, 0.717) is 0 Å². The summed E-state index contributed by atoms with van der Waals surface area (Å²) in [5, 5.41) is 20.0. The highest BCUT2D eigenvalue weighted by atomic mass is 32.2. The lowest BCUT2D eigenvalue weighted by Crippen LogP contribution is -2.70. The van der Waals surface area contributed by atoms with Crippen molar-refractivity contribution in [2.45, 2.75) is 36.7 Å². The van der Waals surface area contributed by atoms with Gasteiger partial charge < -0.3 is 31.7 Å². The van der Waals surface area contributed by atoms with Gasteiger partial charge in [0.15, 0.2) is 0 Å². The van der Waals surface area contributed by atoms with E-state index in [4.69, 9.17) is 16.6 Å². The summed E-state index contributed by atoms with van der Waals surface area (Å²) in [5.74, 6) is -3.38. The van der Waals surface area contributed by atoms with Crippen LogP contribution in [-0.4, -0.2) is 74.8 Å². The number of thioether (sulfide) groups is 1. The molecule has 154 valence electrons. The van der Waals surface area contributed by atoms with Crippen molar-refractivity contribution in [3.63, 3.8) is 0 Å². The van der Waals surface area contributed by atoms with Crippen LogP contribution in [0.25, 0.3) is 0 Å². The number of carbonyl (C=O) groups is 5. The van der Waals surface area contributed by atoms with Gasteiger partial charge in [0.05, 0.1) is 0 Å². The average Bonchev–Trinajstić information content (AvgIpc) is 2.62. The fourth-order valence-electron chi connectivity index (χ4n) is 2.80. The van der Waals surface area contributed by atoms with Gasteiger partial charge in [-0.2, -0.15) is 0 Å². The number of primary amides is 1. The zero-order valence-corrected chi connectivity index (χ0v) is 15.4. The predicted molar refractivity (Wildman–Crippen MR) is 94.7 cm³/mol. The van der Waals surface area contributed by atoms with Crippen molar-refractivity contribution in [2.24, 2.45) is 11.5 Å². The molecule has 12 nitrogen and oxygen atoms in total. The molecule has 0 aliphatic carbocycles. The molecular formula is C15H20N4O8S. The molecule has 0 radical (unpaired) electrons. The van der Waals surface area contributed by atoms with Crippen molar-refractivity contribution in [3.05, 3.63) is 11.3 Å². The van der Waals surface area contributed by atoms with Gasteiger partial charge in [-0.15, -0.1) is 11.8 Å². The number of carboxylic acids is 2. The molecule has 2 rings (SSSR count). The average molecular weight is 416 g/mol. The molecular weight excluding hydrogens is 396 g/mol. The van der Waals surface area contributed by atoms with Crippen molar-refractivity contribution >= 4 is 41.6 Å². The number of hydrogen-bond donors (Lipinski definition) is 5. The number of β-lactam (4-membered cyclic amide) rings is 1. The van der Waals surface area contributed by atoms with E-state index in [-0.39, 0.29) is 42.9 Å². The van der Waals surface area contributed by atoms with Crippen LogP contribution in [0.1, 0.15) is 19.3 Å². The summed E-state index contributed by atoms with van der Waals surface area (Å²) < 4.78 is 4.62. The molecule has 1 saturated heterocycles. The van der Waals surface area contributed by atoms with E-state index < -0.39 is 47.3 Å². The molecule has 0 saturated carbocycles. The number of carboxylic acid groups (broad SMARTS) is 2. The van der Waals surface area contributed by atoms with E-state index in [1.165, 1.54) is 11.8 Å². The van der Waals surface area contributed by atoms with E-state index in [9.17, 15) is 29.1 Å². The lowest BCUT2D eigenvalue weighted by Gasteiger charge is -2.49. The lowest BCUT2D eigenvalue weighted by molar-refractivity contribution is -0.150. The van der Waals surface area contributed by atoms with Crippen LogP contribution < -0.4 is 16.8 Å². The van der Waals surface area contributed by atoms with Crippen LogP contribution in [0, 0.1) is 0 Å². The van der Waals surface area contributed by atoms with Crippen LogP contribution in [0.4, 0.5) is 4.79 Å². The van der Waals surface area contributed by atoms with Crippen LogP contribution in [0.3, 0.4) is 0 Å². The molecule has 1 fully saturated rings. The van der Waals surface area contributed by atoms with Gasteiger partial charge in [0.25, 0.3) is 5.91 Å². The van der Waals surface area contributed by atoms with Crippen molar-refractivity contribution < 1.29 is 38.9 Å². The summed E-state index contributed by atoms with van der Waals surface area (Å²) in [6.07, 6.45) is -0.731. The number of amides is 3. The summed E-state index contributed by atoms with van der Waals surface area (Å²) in [6, 6.07) is -1.95. The second kappa shape index (κ2) is 8.93. The normalized spacial score (nSPS) is 22.0. The third kappa shape index (κ3) is 4.72. The topological polar surface area (TPSA) is 202 Å². The predicted octanol–water partition coefficient (Wildman–Crippen LogP) is -1.60. The Morgan fingerprint density at radius 2 is 2.00 bits per heavy atom. The smallest absolute Gasteiger partial charge is 0.404 e. The zero-order valence-electron chi connectivity index (χ0n) is 14.6. The number of nitrogens with two attached hydrogens (primary N) is 2. The number of carbonyl (C=O) groups excluding carboxylic acids is 3. The highest BCUT2D eigenvalue weighted by Gasteiger charge is 2.54. The molecule has 28 heavy (non-hydrogen) atoms. The van der Waals surface area contributed by atoms with Crippen molar-refractivity contribution in [1.29, 1.82) is 0 Å². The first-order chi connectivity index (χ1) is 13.1. The van der Waals surface area contributed by atoms with Crippen LogP contribution in [0.2, 0.25) is 0 Å². The third-order valence-electron chi connectivity index (χ3n) is 4.19. The van der Waals surface area contributed by atoms with E-state index >= 15 is 0 Å². The maximum Gasteiger partial charge on any atom is 0.404 e. The first-order valence-electron chi connectivity index (χ1n) is 8.23. The highest BCUT2D eigenvalue weighted by Crippen LogP contribution is 2.40. The van der Waals surface area contributed by atoms with Gasteiger partial charge in [0.2, 0.25) is 5.91 Å². The van der Waals surface area contributed by atoms with Crippen LogP contribution in [-0.2, 0) is 23.9 Å². The molecule has 0 spiro atoms. The quantitative estimate of drug-likeness (QED) is 0.272. The monoisotopic (exact) mass is 416 g/mol. The Kier molecular flexibility index (Phi) is 6.85. The number of aliphatic carboxylic acids is 2. The van der Waals surface area contributed by atoms with Crippen molar-refractivity contribution in [2.75, 3.05) is 12.4 Å². The SMILES string of the molecule is NC(=O)OCC1=C(C(=O)O)N2C(=O)C(NC(=O)CCCC(N)C(=O)O)[C@@H]2SC1. The molecule has 0 aromatic carbocycles. The summed E-state index contributed by atoms with van der Waals surface area (Å²) in [6.45, 7) is -0.346. The Hall–Kier alpha value is -2.80. The molecule has 7 N–H and O–H groups in total. The number of hydrogen-bond acceptors (Lipinski definition) is 8. The van der Waals surface area contributed by atoms with Gasteiger partial charge >= 0.3 is 18.0 Å². The third-order valence-corrected chi connectivity index (χ3v) is 5.53. The molecule has 2 aliphatic heterocycles. The second-order valence-corrected chi connectivity index (χ2v) is 7.26. The molecule has 0 aromatic rings. The summed E-state index contributed by atoms with van der Waals surface area (Å²) >= 11 is 1.22. The van der Waals surface area contributed by atoms with E-state index in [1.807, 2.05) is 0 Å². The number of nitrogens with one attached hydrogen (secondary N) is 1. The minimum atomic E-state index is -1.35. The minimum absolute atomic E-state index is 0.0124. The van der Waals surface area contributed by atoms with Gasteiger partial charge in [-0.1, -0.05) is 0 Å². The van der Waals surface area contributed by atoms with E-state index in [0.717, 1.165) is 4.90 Å². The van der Waals surface area contributed by atoms with Crippen LogP contribution in [0.15, 0.2) is 11.3 Å². The van der Waals surface area contributed by atoms with E-state index in [2.05, 4.69) is 10.1 Å². The molecule has 3 atom stereocenters.